The maximum absolute atomic E-state index is 12.7. The van der Waals surface area contributed by atoms with Gasteiger partial charge >= 0.3 is 6.18 Å². The zero-order chi connectivity index (χ0) is 17.9. The lowest BCUT2D eigenvalue weighted by Gasteiger charge is -2.14. The second kappa shape index (κ2) is 6.71. The number of rotatable bonds is 5. The molecule has 2 aromatic carbocycles. The second-order valence-corrected chi connectivity index (χ2v) is 4.92. The summed E-state index contributed by atoms with van der Waals surface area (Å²) in [7, 11) is 0. The Morgan fingerprint density at radius 3 is 2.38 bits per heavy atom. The number of nitrogens with two attached hydrogens (primary N) is 1. The SMILES string of the molecule is NC(=O)C(O)C(=O)c1ccccc1Nc1cccc(C(F)(F)F)c1. The molecule has 0 bridgehead atoms. The number of hydrogen-bond acceptors (Lipinski definition) is 4. The van der Waals surface area contributed by atoms with Crippen molar-refractivity contribution in [2.75, 3.05) is 5.32 Å². The van der Waals surface area contributed by atoms with Gasteiger partial charge in [-0.2, -0.15) is 13.2 Å². The Hall–Kier alpha value is -2.87. The molecule has 0 radical (unpaired) electrons. The molecule has 1 amide bonds. The van der Waals surface area contributed by atoms with Crippen molar-refractivity contribution >= 4 is 23.1 Å². The van der Waals surface area contributed by atoms with Crippen LogP contribution in [-0.2, 0) is 11.0 Å². The predicted molar refractivity (Wildman–Crippen MR) is 80.7 cm³/mol. The number of nitrogens with one attached hydrogen (secondary N) is 1. The van der Waals surface area contributed by atoms with Gasteiger partial charge < -0.3 is 16.2 Å². The standard InChI is InChI=1S/C16H13F3N2O3/c17-16(18,19)9-4-3-5-10(8-9)21-12-7-2-1-6-11(12)13(22)14(23)15(20)24/h1-8,14,21,23H,(H2,20,24). The van der Waals surface area contributed by atoms with Crippen LogP contribution in [0, 0.1) is 0 Å². The number of halogens is 3. The summed E-state index contributed by atoms with van der Waals surface area (Å²) in [6.07, 6.45) is -6.54. The molecule has 0 fully saturated rings. The van der Waals surface area contributed by atoms with Crippen molar-refractivity contribution in [3.8, 4) is 0 Å². The van der Waals surface area contributed by atoms with Gasteiger partial charge in [0.25, 0.3) is 5.91 Å². The van der Waals surface area contributed by atoms with E-state index in [0.29, 0.717) is 0 Å². The van der Waals surface area contributed by atoms with Gasteiger partial charge in [-0.15, -0.1) is 0 Å². The number of para-hydroxylation sites is 1. The first-order valence-corrected chi connectivity index (χ1v) is 6.75. The third kappa shape index (κ3) is 3.90. The van der Waals surface area contributed by atoms with Crippen molar-refractivity contribution in [1.82, 2.24) is 0 Å². The summed E-state index contributed by atoms with van der Waals surface area (Å²) in [6, 6.07) is 10.2. The number of anilines is 2. The molecule has 1 unspecified atom stereocenters. The van der Waals surface area contributed by atoms with Crippen molar-refractivity contribution in [1.29, 1.82) is 0 Å². The van der Waals surface area contributed by atoms with Gasteiger partial charge in [0.2, 0.25) is 5.78 Å². The van der Waals surface area contributed by atoms with Crippen LogP contribution in [0.15, 0.2) is 48.5 Å². The summed E-state index contributed by atoms with van der Waals surface area (Å²) in [4.78, 5) is 23.0. The lowest BCUT2D eigenvalue weighted by molar-refractivity contribution is -0.137. The number of carbonyl (C=O) groups is 2. The number of carbonyl (C=O) groups excluding carboxylic acids is 2. The van der Waals surface area contributed by atoms with Crippen LogP contribution in [0.1, 0.15) is 15.9 Å². The predicted octanol–water partition coefficient (Wildman–Crippen LogP) is 2.48. The summed E-state index contributed by atoms with van der Waals surface area (Å²) in [5, 5.41) is 12.2. The Balaban J connectivity index is 2.35. The molecule has 0 aliphatic heterocycles. The Bertz CT molecular complexity index is 775. The normalized spacial score (nSPS) is 12.5. The molecule has 0 saturated carbocycles. The van der Waals surface area contributed by atoms with Crippen molar-refractivity contribution < 1.29 is 27.9 Å². The first-order valence-electron chi connectivity index (χ1n) is 6.75. The molecule has 0 spiro atoms. The number of alkyl halides is 3. The highest BCUT2D eigenvalue weighted by atomic mass is 19.4. The highest BCUT2D eigenvalue weighted by molar-refractivity contribution is 6.14. The Labute approximate surface area is 134 Å². The van der Waals surface area contributed by atoms with E-state index >= 15 is 0 Å². The maximum atomic E-state index is 12.7. The zero-order valence-corrected chi connectivity index (χ0v) is 12.2. The largest absolute Gasteiger partial charge is 0.416 e. The van der Waals surface area contributed by atoms with E-state index in [1.165, 1.54) is 30.3 Å². The maximum Gasteiger partial charge on any atom is 0.416 e. The molecule has 24 heavy (non-hydrogen) atoms. The van der Waals surface area contributed by atoms with Gasteiger partial charge in [0.1, 0.15) is 0 Å². The fraction of sp³-hybridized carbons (Fsp3) is 0.125. The molecule has 8 heteroatoms. The molecule has 0 aromatic heterocycles. The van der Waals surface area contributed by atoms with E-state index in [9.17, 15) is 27.9 Å². The summed E-state index contributed by atoms with van der Waals surface area (Å²) in [6.45, 7) is 0. The van der Waals surface area contributed by atoms with Gasteiger partial charge in [0, 0.05) is 16.9 Å². The minimum atomic E-state index is -4.50. The van der Waals surface area contributed by atoms with Gasteiger partial charge in [-0.1, -0.05) is 18.2 Å². The zero-order valence-electron chi connectivity index (χ0n) is 12.2. The number of ketones is 1. The molecule has 4 N–H and O–H groups in total. The summed E-state index contributed by atoms with van der Waals surface area (Å²) >= 11 is 0. The summed E-state index contributed by atoms with van der Waals surface area (Å²) < 4.78 is 38.2. The van der Waals surface area contributed by atoms with E-state index in [1.54, 1.807) is 6.07 Å². The Morgan fingerprint density at radius 2 is 1.75 bits per heavy atom. The third-order valence-electron chi connectivity index (χ3n) is 3.18. The Morgan fingerprint density at radius 1 is 1.08 bits per heavy atom. The van der Waals surface area contributed by atoms with Crippen LogP contribution < -0.4 is 11.1 Å². The van der Waals surface area contributed by atoms with Gasteiger partial charge in [-0.3, -0.25) is 9.59 Å². The third-order valence-corrected chi connectivity index (χ3v) is 3.18. The highest BCUT2D eigenvalue weighted by Gasteiger charge is 2.30. The first kappa shape index (κ1) is 17.5. The fourth-order valence-electron chi connectivity index (χ4n) is 2.01. The van der Waals surface area contributed by atoms with Crippen molar-refractivity contribution in [3.63, 3.8) is 0 Å². The number of primary amides is 1. The number of aliphatic hydroxyl groups is 1. The topological polar surface area (TPSA) is 92.4 Å². The van der Waals surface area contributed by atoms with E-state index < -0.39 is 29.5 Å². The van der Waals surface area contributed by atoms with Crippen molar-refractivity contribution in [2.45, 2.75) is 12.3 Å². The fourth-order valence-corrected chi connectivity index (χ4v) is 2.01. The van der Waals surface area contributed by atoms with Crippen LogP contribution in [0.4, 0.5) is 24.5 Å². The number of amides is 1. The molecule has 2 rings (SSSR count). The van der Waals surface area contributed by atoms with Gasteiger partial charge in [-0.05, 0) is 30.3 Å². The van der Waals surface area contributed by atoms with E-state index in [0.717, 1.165) is 12.1 Å². The smallest absolute Gasteiger partial charge is 0.376 e. The minimum absolute atomic E-state index is 0.0683. The van der Waals surface area contributed by atoms with Crippen molar-refractivity contribution in [3.05, 3.63) is 59.7 Å². The molecule has 0 aliphatic carbocycles. The van der Waals surface area contributed by atoms with Crippen LogP contribution in [0.25, 0.3) is 0 Å². The van der Waals surface area contributed by atoms with Crippen LogP contribution in [0.5, 0.6) is 0 Å². The molecule has 0 aliphatic rings. The molecule has 126 valence electrons. The lowest BCUT2D eigenvalue weighted by atomic mass is 10.0. The minimum Gasteiger partial charge on any atom is -0.376 e. The average Bonchev–Trinajstić information content (AvgIpc) is 2.53. The number of Topliss-reactive ketones (excluding diaryl/α,β-unsaturated/α-hetero) is 1. The number of benzene rings is 2. The molecule has 2 aromatic rings. The Kier molecular flexibility index (Phi) is 4.89. The summed E-state index contributed by atoms with van der Waals surface area (Å²) in [5.74, 6) is -2.16. The molecule has 0 saturated heterocycles. The monoisotopic (exact) mass is 338 g/mol. The highest BCUT2D eigenvalue weighted by Crippen LogP contribution is 2.32. The van der Waals surface area contributed by atoms with E-state index in [-0.39, 0.29) is 16.9 Å². The summed E-state index contributed by atoms with van der Waals surface area (Å²) in [5.41, 5.74) is 4.20. The van der Waals surface area contributed by atoms with Gasteiger partial charge in [0.05, 0.1) is 5.56 Å². The van der Waals surface area contributed by atoms with E-state index in [1.807, 2.05) is 0 Å². The van der Waals surface area contributed by atoms with Crippen LogP contribution in [0.2, 0.25) is 0 Å². The average molecular weight is 338 g/mol. The van der Waals surface area contributed by atoms with E-state index in [2.05, 4.69) is 5.32 Å². The van der Waals surface area contributed by atoms with Crippen molar-refractivity contribution in [2.24, 2.45) is 5.73 Å². The molecule has 0 heterocycles. The molecular formula is C16H13F3N2O3. The number of aliphatic hydroxyl groups excluding tert-OH is 1. The van der Waals surface area contributed by atoms with Gasteiger partial charge in [-0.25, -0.2) is 0 Å². The molecule has 5 nitrogen and oxygen atoms in total. The van der Waals surface area contributed by atoms with Gasteiger partial charge in [0.15, 0.2) is 6.10 Å². The quantitative estimate of drug-likeness (QED) is 0.577. The molecule has 1 atom stereocenters. The first-order chi connectivity index (χ1) is 11.2. The lowest BCUT2D eigenvalue weighted by Crippen LogP contribution is -2.35. The van der Waals surface area contributed by atoms with E-state index in [4.69, 9.17) is 5.73 Å². The van der Waals surface area contributed by atoms with Crippen LogP contribution >= 0.6 is 0 Å². The van der Waals surface area contributed by atoms with Crippen LogP contribution in [0.3, 0.4) is 0 Å². The second-order valence-electron chi connectivity index (χ2n) is 4.92. The molecular weight excluding hydrogens is 325 g/mol. The van der Waals surface area contributed by atoms with Crippen LogP contribution in [-0.4, -0.2) is 22.9 Å². The number of hydrogen-bond donors (Lipinski definition) is 3.